The Hall–Kier alpha value is -1.47. The first-order valence-electron chi connectivity index (χ1n) is 4.87. The van der Waals surface area contributed by atoms with Gasteiger partial charge in [0.15, 0.2) is 0 Å². The Morgan fingerprint density at radius 1 is 1.56 bits per heavy atom. The highest BCUT2D eigenvalue weighted by Crippen LogP contribution is 2.32. The predicted octanol–water partition coefficient (Wildman–Crippen LogP) is 0.935. The Balaban J connectivity index is 2.21. The van der Waals surface area contributed by atoms with E-state index >= 15 is 0 Å². The summed E-state index contributed by atoms with van der Waals surface area (Å²) in [5.41, 5.74) is 5.88. The quantitative estimate of drug-likeness (QED) is 0.594. The van der Waals surface area contributed by atoms with Crippen molar-refractivity contribution in [1.82, 2.24) is 5.32 Å². The van der Waals surface area contributed by atoms with Crippen molar-refractivity contribution in [2.45, 2.75) is 24.9 Å². The lowest BCUT2D eigenvalue weighted by Gasteiger charge is -2.28. The normalized spacial score (nSPS) is 25.2. The molecule has 1 aliphatic heterocycles. The summed E-state index contributed by atoms with van der Waals surface area (Å²) in [6.07, 6.45) is 1.04. The van der Waals surface area contributed by atoms with Crippen LogP contribution in [0.4, 0.5) is 5.00 Å². The summed E-state index contributed by atoms with van der Waals surface area (Å²) in [6, 6.07) is 2.63. The summed E-state index contributed by atoms with van der Waals surface area (Å²) < 4.78 is 0. The molecular formula is C9H11N3O3S. The second kappa shape index (κ2) is 4.18. The highest BCUT2D eigenvalue weighted by molar-refractivity contribution is 7.15. The molecule has 1 saturated heterocycles. The van der Waals surface area contributed by atoms with Crippen molar-refractivity contribution >= 4 is 22.2 Å². The van der Waals surface area contributed by atoms with E-state index in [1.807, 2.05) is 0 Å². The molecule has 1 aromatic heterocycles. The van der Waals surface area contributed by atoms with Gasteiger partial charge in [0.1, 0.15) is 0 Å². The van der Waals surface area contributed by atoms with Crippen LogP contribution in [-0.4, -0.2) is 16.9 Å². The fourth-order valence-electron chi connectivity index (χ4n) is 1.71. The zero-order valence-electron chi connectivity index (χ0n) is 8.38. The van der Waals surface area contributed by atoms with Crippen LogP contribution >= 0.6 is 11.3 Å². The van der Waals surface area contributed by atoms with Gasteiger partial charge in [0.25, 0.3) is 0 Å². The number of nitrogens with two attached hydrogens (primary N) is 1. The lowest BCUT2D eigenvalue weighted by Crippen LogP contribution is -2.45. The fraction of sp³-hybridized carbons (Fsp3) is 0.444. The third kappa shape index (κ3) is 2.05. The van der Waals surface area contributed by atoms with Crippen LogP contribution in [0.5, 0.6) is 0 Å². The number of nitrogens with zero attached hydrogens (tertiary/aromatic N) is 1. The monoisotopic (exact) mass is 241 g/mol. The van der Waals surface area contributed by atoms with Gasteiger partial charge < -0.3 is 11.1 Å². The van der Waals surface area contributed by atoms with Crippen LogP contribution < -0.4 is 11.1 Å². The molecular weight excluding hydrogens is 230 g/mol. The lowest BCUT2D eigenvalue weighted by molar-refractivity contribution is -0.380. The molecule has 2 rings (SSSR count). The maximum Gasteiger partial charge on any atom is 0.324 e. The van der Waals surface area contributed by atoms with E-state index in [1.54, 1.807) is 6.07 Å². The second-order valence-electron chi connectivity index (χ2n) is 3.68. The minimum Gasteiger partial charge on any atom is -0.347 e. The molecule has 0 spiro atoms. The fourth-order valence-corrected chi connectivity index (χ4v) is 2.66. The van der Waals surface area contributed by atoms with Gasteiger partial charge in [0.2, 0.25) is 5.91 Å². The molecule has 86 valence electrons. The van der Waals surface area contributed by atoms with Crippen molar-refractivity contribution in [3.63, 3.8) is 0 Å². The Bertz CT molecular complexity index is 431. The Kier molecular flexibility index (Phi) is 2.88. The predicted molar refractivity (Wildman–Crippen MR) is 59.1 cm³/mol. The van der Waals surface area contributed by atoms with Gasteiger partial charge in [-0.2, -0.15) is 0 Å². The van der Waals surface area contributed by atoms with E-state index in [9.17, 15) is 14.9 Å². The number of rotatable bonds is 2. The zero-order valence-corrected chi connectivity index (χ0v) is 9.20. The van der Waals surface area contributed by atoms with Crippen LogP contribution in [0.25, 0.3) is 0 Å². The average molecular weight is 241 g/mol. The molecule has 0 radical (unpaired) electrons. The highest BCUT2D eigenvalue weighted by atomic mass is 32.1. The Morgan fingerprint density at radius 3 is 2.94 bits per heavy atom. The molecule has 1 aliphatic rings. The highest BCUT2D eigenvalue weighted by Gasteiger charge is 2.29. The number of carbonyl (C=O) groups is 1. The average Bonchev–Trinajstić information content (AvgIpc) is 2.70. The number of nitro groups is 1. The van der Waals surface area contributed by atoms with Gasteiger partial charge in [-0.1, -0.05) is 11.3 Å². The molecule has 6 nitrogen and oxygen atoms in total. The van der Waals surface area contributed by atoms with Gasteiger partial charge in [-0.05, 0) is 12.5 Å². The molecule has 0 saturated carbocycles. The molecule has 3 N–H and O–H groups in total. The molecule has 2 atom stereocenters. The molecule has 2 heterocycles. The lowest BCUT2D eigenvalue weighted by atomic mass is 9.98. The molecule has 0 aliphatic carbocycles. The molecule has 2 unspecified atom stereocenters. The molecule has 0 aromatic carbocycles. The van der Waals surface area contributed by atoms with Crippen LogP contribution in [0.15, 0.2) is 12.1 Å². The number of hydrogen-bond donors (Lipinski definition) is 2. The van der Waals surface area contributed by atoms with E-state index in [0.29, 0.717) is 12.8 Å². The van der Waals surface area contributed by atoms with Gasteiger partial charge in [-0.25, -0.2) is 0 Å². The van der Waals surface area contributed by atoms with Crippen LogP contribution in [0.1, 0.15) is 23.8 Å². The molecule has 0 bridgehead atoms. The summed E-state index contributed by atoms with van der Waals surface area (Å²) >= 11 is 1.06. The van der Waals surface area contributed by atoms with Crippen molar-refractivity contribution in [1.29, 1.82) is 0 Å². The van der Waals surface area contributed by atoms with Gasteiger partial charge in [-0.15, -0.1) is 0 Å². The number of piperidine rings is 1. The Morgan fingerprint density at radius 2 is 2.31 bits per heavy atom. The minimum absolute atomic E-state index is 0.0530. The third-order valence-electron chi connectivity index (χ3n) is 2.55. The van der Waals surface area contributed by atoms with Crippen molar-refractivity contribution in [3.05, 3.63) is 27.1 Å². The number of hydrogen-bond acceptors (Lipinski definition) is 5. The molecule has 1 aromatic rings. The summed E-state index contributed by atoms with van der Waals surface area (Å²) in [7, 11) is 0. The molecule has 1 fully saturated rings. The van der Waals surface area contributed by atoms with Crippen molar-refractivity contribution in [3.8, 4) is 0 Å². The first kappa shape index (κ1) is 11.0. The zero-order chi connectivity index (χ0) is 11.7. The topological polar surface area (TPSA) is 98.3 Å². The largest absolute Gasteiger partial charge is 0.347 e. The van der Waals surface area contributed by atoms with E-state index in [1.165, 1.54) is 6.07 Å². The maximum absolute atomic E-state index is 11.2. The van der Waals surface area contributed by atoms with Gasteiger partial charge in [0.05, 0.1) is 11.0 Å². The number of amides is 1. The van der Waals surface area contributed by atoms with E-state index in [-0.39, 0.29) is 23.0 Å². The number of nitrogens with one attached hydrogen (secondary N) is 1. The number of carbonyl (C=O) groups excluding carboxylic acids is 1. The van der Waals surface area contributed by atoms with Gasteiger partial charge >= 0.3 is 5.00 Å². The van der Waals surface area contributed by atoms with Crippen LogP contribution in [-0.2, 0) is 4.79 Å². The van der Waals surface area contributed by atoms with Gasteiger partial charge in [-0.3, -0.25) is 14.9 Å². The Labute approximate surface area is 95.6 Å². The maximum atomic E-state index is 11.2. The van der Waals surface area contributed by atoms with Gasteiger partial charge in [0, 0.05) is 23.4 Å². The van der Waals surface area contributed by atoms with Crippen LogP contribution in [0, 0.1) is 10.1 Å². The minimum atomic E-state index is -0.440. The second-order valence-corrected chi connectivity index (χ2v) is 4.77. The number of thiophene rings is 1. The molecule has 7 heteroatoms. The third-order valence-corrected chi connectivity index (χ3v) is 3.67. The molecule has 1 amide bonds. The summed E-state index contributed by atoms with van der Waals surface area (Å²) in [5, 5.41) is 13.4. The summed E-state index contributed by atoms with van der Waals surface area (Å²) in [4.78, 5) is 22.1. The van der Waals surface area contributed by atoms with E-state index in [0.717, 1.165) is 16.2 Å². The standard InChI is InChI=1S/C9H11N3O3S/c10-5-1-3-7(13)11-9(5)6-2-4-8(16-6)12(14)15/h2,4-5,9H,1,3,10H2,(H,11,13). The van der Waals surface area contributed by atoms with Crippen molar-refractivity contribution < 1.29 is 9.72 Å². The first-order valence-corrected chi connectivity index (χ1v) is 5.68. The van der Waals surface area contributed by atoms with Crippen LogP contribution in [0.3, 0.4) is 0 Å². The first-order chi connectivity index (χ1) is 7.58. The van der Waals surface area contributed by atoms with Crippen molar-refractivity contribution in [2.24, 2.45) is 5.73 Å². The summed E-state index contributed by atoms with van der Waals surface area (Å²) in [6.45, 7) is 0. The van der Waals surface area contributed by atoms with E-state index in [2.05, 4.69) is 5.32 Å². The smallest absolute Gasteiger partial charge is 0.324 e. The molecule has 16 heavy (non-hydrogen) atoms. The van der Waals surface area contributed by atoms with E-state index < -0.39 is 4.92 Å². The van der Waals surface area contributed by atoms with E-state index in [4.69, 9.17) is 5.73 Å². The van der Waals surface area contributed by atoms with Crippen molar-refractivity contribution in [2.75, 3.05) is 0 Å². The SMILES string of the molecule is NC1CCC(=O)NC1c1ccc([N+](=O)[O-])s1. The summed E-state index contributed by atoms with van der Waals surface area (Å²) in [5.74, 6) is -0.0530. The van der Waals surface area contributed by atoms with Crippen LogP contribution in [0.2, 0.25) is 0 Å².